The Morgan fingerprint density at radius 3 is 2.47 bits per heavy atom. The van der Waals surface area contributed by atoms with Gasteiger partial charge in [-0.25, -0.2) is 4.98 Å². The summed E-state index contributed by atoms with van der Waals surface area (Å²) in [5.74, 6) is 0.306. The van der Waals surface area contributed by atoms with Crippen LogP contribution in [0.2, 0.25) is 0 Å². The molecule has 0 radical (unpaired) electrons. The zero-order valence-electron chi connectivity index (χ0n) is 16.0. The maximum atomic E-state index is 12.5. The van der Waals surface area contributed by atoms with Gasteiger partial charge < -0.3 is 5.32 Å². The van der Waals surface area contributed by atoms with Gasteiger partial charge in [0.05, 0.1) is 10.2 Å². The quantitative estimate of drug-likeness (QED) is 0.446. The fourth-order valence-electron chi connectivity index (χ4n) is 3.11. The molecule has 0 fully saturated rings. The van der Waals surface area contributed by atoms with E-state index in [1.807, 2.05) is 30.3 Å². The molecule has 0 atom stereocenters. The summed E-state index contributed by atoms with van der Waals surface area (Å²) in [6.45, 7) is 2.08. The molecular formula is C22H16N6OS. The molecule has 30 heavy (non-hydrogen) atoms. The van der Waals surface area contributed by atoms with Gasteiger partial charge in [0.15, 0.2) is 0 Å². The number of hydrogen-bond donors (Lipinski definition) is 2. The summed E-state index contributed by atoms with van der Waals surface area (Å²) >= 11 is 1.67. The molecule has 7 nitrogen and oxygen atoms in total. The molecule has 5 rings (SSSR count). The van der Waals surface area contributed by atoms with Gasteiger partial charge in [-0.1, -0.05) is 18.2 Å². The van der Waals surface area contributed by atoms with E-state index in [-0.39, 0.29) is 5.91 Å². The zero-order valence-corrected chi connectivity index (χ0v) is 16.8. The predicted octanol–water partition coefficient (Wildman–Crippen LogP) is 4.70. The number of amides is 1. The minimum absolute atomic E-state index is 0.183. The number of tetrazole rings is 1. The first-order valence-corrected chi connectivity index (χ1v) is 10.1. The highest BCUT2D eigenvalue weighted by molar-refractivity contribution is 7.21. The number of aryl methyl sites for hydroxylation is 1. The van der Waals surface area contributed by atoms with Crippen LogP contribution in [0.3, 0.4) is 0 Å². The van der Waals surface area contributed by atoms with Crippen LogP contribution in [0.25, 0.3) is 32.2 Å². The molecule has 0 bridgehead atoms. The van der Waals surface area contributed by atoms with Crippen molar-refractivity contribution in [3.63, 3.8) is 0 Å². The third-order valence-electron chi connectivity index (χ3n) is 4.68. The van der Waals surface area contributed by atoms with Crippen LogP contribution in [-0.4, -0.2) is 31.5 Å². The van der Waals surface area contributed by atoms with E-state index in [9.17, 15) is 4.79 Å². The molecule has 2 heterocycles. The first-order chi connectivity index (χ1) is 14.7. The van der Waals surface area contributed by atoms with Crippen molar-refractivity contribution < 1.29 is 4.79 Å². The summed E-state index contributed by atoms with van der Waals surface area (Å²) in [6.07, 6.45) is 0. The second kappa shape index (κ2) is 7.49. The lowest BCUT2D eigenvalue weighted by Crippen LogP contribution is -2.11. The minimum Gasteiger partial charge on any atom is -0.322 e. The Kier molecular flexibility index (Phi) is 4.53. The molecule has 0 unspecified atom stereocenters. The van der Waals surface area contributed by atoms with Crippen LogP contribution in [0.4, 0.5) is 5.69 Å². The molecule has 2 N–H and O–H groups in total. The lowest BCUT2D eigenvalue weighted by Gasteiger charge is -2.06. The van der Waals surface area contributed by atoms with Gasteiger partial charge in [-0.3, -0.25) is 4.79 Å². The molecule has 0 spiro atoms. The highest BCUT2D eigenvalue weighted by atomic mass is 32.1. The average molecular weight is 412 g/mol. The number of fused-ring (bicyclic) bond motifs is 1. The highest BCUT2D eigenvalue weighted by Crippen LogP contribution is 2.31. The summed E-state index contributed by atoms with van der Waals surface area (Å²) < 4.78 is 1.17. The van der Waals surface area contributed by atoms with E-state index in [2.05, 4.69) is 45.0 Å². The third-order valence-corrected chi connectivity index (χ3v) is 5.75. The summed E-state index contributed by atoms with van der Waals surface area (Å²) in [5.41, 5.74) is 5.31. The summed E-state index contributed by atoms with van der Waals surface area (Å²) in [7, 11) is 0. The number of hydrogen-bond acceptors (Lipinski definition) is 6. The maximum Gasteiger partial charge on any atom is 0.255 e. The topological polar surface area (TPSA) is 96.5 Å². The molecule has 3 aromatic carbocycles. The number of rotatable bonds is 4. The van der Waals surface area contributed by atoms with E-state index >= 15 is 0 Å². The second-order valence-corrected chi connectivity index (χ2v) is 7.87. The number of aromatic amines is 1. The highest BCUT2D eigenvalue weighted by Gasteiger charge is 2.10. The van der Waals surface area contributed by atoms with Crippen molar-refractivity contribution in [2.75, 3.05) is 5.32 Å². The number of nitrogens with one attached hydrogen (secondary N) is 2. The SMILES string of the molecule is Cc1ccc2nc(-c3ccc(NC(=O)c4ccc(-c5nn[nH]n5)cc4)cc3)sc2c1. The maximum absolute atomic E-state index is 12.5. The van der Waals surface area contributed by atoms with Gasteiger partial charge in [-0.2, -0.15) is 5.21 Å². The lowest BCUT2D eigenvalue weighted by molar-refractivity contribution is 0.102. The van der Waals surface area contributed by atoms with Crippen molar-refractivity contribution in [2.24, 2.45) is 0 Å². The fraction of sp³-hybridized carbons (Fsp3) is 0.0455. The van der Waals surface area contributed by atoms with Gasteiger partial charge in [-0.15, -0.1) is 21.5 Å². The van der Waals surface area contributed by atoms with Crippen LogP contribution in [0.5, 0.6) is 0 Å². The van der Waals surface area contributed by atoms with E-state index < -0.39 is 0 Å². The molecule has 1 amide bonds. The van der Waals surface area contributed by atoms with Gasteiger partial charge in [0.2, 0.25) is 5.82 Å². The number of carbonyl (C=O) groups excluding carboxylic acids is 1. The van der Waals surface area contributed by atoms with Crippen LogP contribution < -0.4 is 5.32 Å². The Labute approximate surface area is 175 Å². The van der Waals surface area contributed by atoms with E-state index in [0.29, 0.717) is 11.4 Å². The van der Waals surface area contributed by atoms with Crippen molar-refractivity contribution in [3.8, 4) is 22.0 Å². The van der Waals surface area contributed by atoms with Crippen molar-refractivity contribution in [2.45, 2.75) is 6.92 Å². The standard InChI is InChI=1S/C22H16N6OS/c1-13-2-11-18-19(12-13)30-22(24-18)16-7-9-17(10-8-16)23-21(29)15-5-3-14(4-6-15)20-25-27-28-26-20/h2-12H,1H3,(H,23,29)(H,25,26,27,28). The Balaban J connectivity index is 1.31. The van der Waals surface area contributed by atoms with Crippen molar-refractivity contribution in [3.05, 3.63) is 77.9 Å². The van der Waals surface area contributed by atoms with E-state index in [1.165, 1.54) is 10.3 Å². The number of thiazole rings is 1. The molecule has 2 aromatic heterocycles. The average Bonchev–Trinajstić information content (AvgIpc) is 3.44. The minimum atomic E-state index is -0.183. The molecule has 0 aliphatic heterocycles. The molecule has 0 saturated heterocycles. The summed E-state index contributed by atoms with van der Waals surface area (Å²) in [4.78, 5) is 17.3. The third kappa shape index (κ3) is 3.56. The van der Waals surface area contributed by atoms with Crippen molar-refractivity contribution in [1.29, 1.82) is 0 Å². The van der Waals surface area contributed by atoms with Gasteiger partial charge in [0.1, 0.15) is 5.01 Å². The van der Waals surface area contributed by atoms with E-state index in [4.69, 9.17) is 4.98 Å². The smallest absolute Gasteiger partial charge is 0.255 e. The van der Waals surface area contributed by atoms with Gasteiger partial charge in [0.25, 0.3) is 5.91 Å². The molecule has 0 aliphatic rings. The number of carbonyl (C=O) groups is 1. The monoisotopic (exact) mass is 412 g/mol. The first-order valence-electron chi connectivity index (χ1n) is 9.28. The predicted molar refractivity (Wildman–Crippen MR) is 117 cm³/mol. The van der Waals surface area contributed by atoms with E-state index in [0.717, 1.165) is 27.3 Å². The van der Waals surface area contributed by atoms with Gasteiger partial charge in [-0.05, 0) is 66.2 Å². The van der Waals surface area contributed by atoms with Crippen molar-refractivity contribution >= 4 is 33.1 Å². The second-order valence-electron chi connectivity index (χ2n) is 6.83. The molecule has 5 aromatic rings. The molecule has 0 aliphatic carbocycles. The van der Waals surface area contributed by atoms with E-state index in [1.54, 1.807) is 35.6 Å². The number of aromatic nitrogens is 5. The van der Waals surface area contributed by atoms with Crippen LogP contribution >= 0.6 is 11.3 Å². The molecule has 8 heteroatoms. The lowest BCUT2D eigenvalue weighted by atomic mass is 10.1. The Hall–Kier alpha value is -3.91. The molecule has 0 saturated carbocycles. The van der Waals surface area contributed by atoms with Crippen LogP contribution in [0.1, 0.15) is 15.9 Å². The number of anilines is 1. The van der Waals surface area contributed by atoms with Gasteiger partial charge in [0, 0.05) is 22.4 Å². The Morgan fingerprint density at radius 1 is 0.967 bits per heavy atom. The largest absolute Gasteiger partial charge is 0.322 e. The number of H-pyrrole nitrogens is 1. The van der Waals surface area contributed by atoms with Crippen LogP contribution in [0, 0.1) is 6.92 Å². The number of nitrogens with zero attached hydrogens (tertiary/aromatic N) is 4. The molecule has 146 valence electrons. The zero-order chi connectivity index (χ0) is 20.5. The summed E-state index contributed by atoms with van der Waals surface area (Å²) in [5, 5.41) is 17.7. The molecular weight excluding hydrogens is 396 g/mol. The first kappa shape index (κ1) is 18.1. The van der Waals surface area contributed by atoms with Crippen molar-refractivity contribution in [1.82, 2.24) is 25.6 Å². The Morgan fingerprint density at radius 2 is 1.73 bits per heavy atom. The number of benzene rings is 3. The Bertz CT molecular complexity index is 1320. The fourth-order valence-corrected chi connectivity index (χ4v) is 4.18. The van der Waals surface area contributed by atoms with Crippen LogP contribution in [0.15, 0.2) is 66.7 Å². The van der Waals surface area contributed by atoms with Crippen LogP contribution in [-0.2, 0) is 0 Å². The normalized spacial score (nSPS) is 11.0. The summed E-state index contributed by atoms with van der Waals surface area (Å²) in [6, 6.07) is 21.0. The van der Waals surface area contributed by atoms with Gasteiger partial charge >= 0.3 is 0 Å².